The summed E-state index contributed by atoms with van der Waals surface area (Å²) in [6.45, 7) is 4.01. The van der Waals surface area contributed by atoms with E-state index in [9.17, 15) is 13.2 Å². The zero-order chi connectivity index (χ0) is 22.6. The first kappa shape index (κ1) is 23.3. The van der Waals surface area contributed by atoms with Gasteiger partial charge in [0, 0.05) is 36.0 Å². The highest BCUT2D eigenvalue weighted by atomic mass is 32.2. The molecule has 2 aromatic rings. The first-order chi connectivity index (χ1) is 15.4. The Hall–Kier alpha value is -1.87. The van der Waals surface area contributed by atoms with Crippen LogP contribution in [0.15, 0.2) is 58.3 Å². The SMILES string of the molecule is C[C@@H]1CCCN(S(=O)(=O)c2ccc(NC(=O)c3ccccc3SC[C@@H]3CCCO3)cc2)C1. The molecule has 8 heteroatoms. The lowest BCUT2D eigenvalue weighted by Gasteiger charge is -2.30. The fraction of sp³-hybridized carbons (Fsp3) is 0.458. The smallest absolute Gasteiger partial charge is 0.256 e. The van der Waals surface area contributed by atoms with Gasteiger partial charge in [-0.3, -0.25) is 4.79 Å². The van der Waals surface area contributed by atoms with Gasteiger partial charge >= 0.3 is 0 Å². The fourth-order valence-electron chi connectivity index (χ4n) is 4.16. The summed E-state index contributed by atoms with van der Waals surface area (Å²) >= 11 is 1.63. The maximum Gasteiger partial charge on any atom is 0.256 e. The predicted molar refractivity (Wildman–Crippen MR) is 128 cm³/mol. The van der Waals surface area contributed by atoms with Gasteiger partial charge in [0.2, 0.25) is 10.0 Å². The van der Waals surface area contributed by atoms with E-state index in [-0.39, 0.29) is 16.9 Å². The molecule has 0 aromatic heterocycles. The van der Waals surface area contributed by atoms with Crippen molar-refractivity contribution in [2.45, 2.75) is 48.5 Å². The van der Waals surface area contributed by atoms with Crippen LogP contribution in [0.4, 0.5) is 5.69 Å². The molecule has 0 spiro atoms. The van der Waals surface area contributed by atoms with Gasteiger partial charge in [0.1, 0.15) is 0 Å². The van der Waals surface area contributed by atoms with Crippen molar-refractivity contribution in [3.05, 3.63) is 54.1 Å². The van der Waals surface area contributed by atoms with Crippen LogP contribution < -0.4 is 5.32 Å². The van der Waals surface area contributed by atoms with Crippen molar-refractivity contribution >= 4 is 33.4 Å². The lowest BCUT2D eigenvalue weighted by atomic mass is 10.0. The third-order valence-electron chi connectivity index (χ3n) is 5.95. The second-order valence-corrected chi connectivity index (χ2v) is 11.5. The van der Waals surface area contributed by atoms with Gasteiger partial charge in [-0.25, -0.2) is 8.42 Å². The lowest BCUT2D eigenvalue weighted by molar-refractivity contribution is 0.102. The highest BCUT2D eigenvalue weighted by Gasteiger charge is 2.28. The summed E-state index contributed by atoms with van der Waals surface area (Å²) in [5.41, 5.74) is 1.18. The molecule has 1 amide bonds. The summed E-state index contributed by atoms with van der Waals surface area (Å²) < 4.78 is 33.1. The van der Waals surface area contributed by atoms with Gasteiger partial charge < -0.3 is 10.1 Å². The Morgan fingerprint density at radius 1 is 1.12 bits per heavy atom. The van der Waals surface area contributed by atoms with Gasteiger partial charge in [0.15, 0.2) is 0 Å². The number of piperidine rings is 1. The third kappa shape index (κ3) is 5.54. The topological polar surface area (TPSA) is 75.7 Å². The second-order valence-electron chi connectivity index (χ2n) is 8.53. The molecule has 0 aliphatic carbocycles. The molecule has 2 aliphatic rings. The number of carbonyl (C=O) groups is 1. The van der Waals surface area contributed by atoms with E-state index in [2.05, 4.69) is 12.2 Å². The van der Waals surface area contributed by atoms with E-state index < -0.39 is 10.0 Å². The van der Waals surface area contributed by atoms with Crippen LogP contribution in [0, 0.1) is 5.92 Å². The Bertz CT molecular complexity index is 1030. The Kier molecular flexibility index (Phi) is 7.55. The highest BCUT2D eigenvalue weighted by molar-refractivity contribution is 7.99. The average molecular weight is 475 g/mol. The summed E-state index contributed by atoms with van der Waals surface area (Å²) in [6, 6.07) is 14.0. The molecule has 1 N–H and O–H groups in total. The Morgan fingerprint density at radius 2 is 1.91 bits per heavy atom. The number of hydrogen-bond acceptors (Lipinski definition) is 5. The van der Waals surface area contributed by atoms with E-state index >= 15 is 0 Å². The van der Waals surface area contributed by atoms with Crippen molar-refractivity contribution < 1.29 is 17.9 Å². The zero-order valence-electron chi connectivity index (χ0n) is 18.3. The summed E-state index contributed by atoms with van der Waals surface area (Å²) in [4.78, 5) is 14.1. The van der Waals surface area contributed by atoms with Crippen LogP contribution in [0.25, 0.3) is 0 Å². The summed E-state index contributed by atoms with van der Waals surface area (Å²) in [6.07, 6.45) is 4.35. The number of hydrogen-bond donors (Lipinski definition) is 1. The minimum Gasteiger partial charge on any atom is -0.377 e. The summed E-state index contributed by atoms with van der Waals surface area (Å²) in [5.74, 6) is 0.988. The molecular weight excluding hydrogens is 444 g/mol. The maximum atomic E-state index is 12.9. The number of benzene rings is 2. The van der Waals surface area contributed by atoms with Crippen molar-refractivity contribution in [1.82, 2.24) is 4.31 Å². The number of ether oxygens (including phenoxy) is 1. The number of sulfonamides is 1. The van der Waals surface area contributed by atoms with E-state index in [4.69, 9.17) is 4.74 Å². The molecular formula is C24H30N2O4S2. The Labute approximate surface area is 194 Å². The van der Waals surface area contributed by atoms with E-state index in [0.29, 0.717) is 30.3 Å². The average Bonchev–Trinajstić information content (AvgIpc) is 3.32. The van der Waals surface area contributed by atoms with Crippen LogP contribution in [-0.4, -0.2) is 50.2 Å². The first-order valence-electron chi connectivity index (χ1n) is 11.2. The largest absolute Gasteiger partial charge is 0.377 e. The van der Waals surface area contributed by atoms with Crippen LogP contribution >= 0.6 is 11.8 Å². The molecule has 2 fully saturated rings. The number of rotatable bonds is 7. The molecule has 32 heavy (non-hydrogen) atoms. The van der Waals surface area contributed by atoms with E-state index in [1.54, 1.807) is 40.3 Å². The van der Waals surface area contributed by atoms with Gasteiger partial charge in [0.05, 0.1) is 16.6 Å². The number of nitrogens with zero attached hydrogens (tertiary/aromatic N) is 1. The maximum absolute atomic E-state index is 12.9. The third-order valence-corrected chi connectivity index (χ3v) is 9.03. The number of carbonyl (C=O) groups excluding carboxylic acids is 1. The lowest BCUT2D eigenvalue weighted by Crippen LogP contribution is -2.39. The molecule has 6 nitrogen and oxygen atoms in total. The van der Waals surface area contributed by atoms with Crippen LogP contribution in [0.5, 0.6) is 0 Å². The van der Waals surface area contributed by atoms with E-state index in [1.807, 2.05) is 24.3 Å². The minimum absolute atomic E-state index is 0.207. The molecule has 2 aliphatic heterocycles. The van der Waals surface area contributed by atoms with Crippen LogP contribution in [0.1, 0.15) is 43.0 Å². The normalized spacial score (nSPS) is 22.0. The molecule has 2 aromatic carbocycles. The number of thioether (sulfide) groups is 1. The number of amides is 1. The van der Waals surface area contributed by atoms with E-state index in [0.717, 1.165) is 42.9 Å². The standard InChI is InChI=1S/C24H30N2O4S2/c1-18-6-4-14-26(16-18)32(28,29)21-12-10-19(11-13-21)25-24(27)22-8-2-3-9-23(22)31-17-20-7-5-15-30-20/h2-3,8-13,18,20H,4-7,14-17H2,1H3,(H,25,27)/t18-,20+/m1/s1. The van der Waals surface area contributed by atoms with Gasteiger partial charge in [-0.05, 0) is 68.0 Å². The van der Waals surface area contributed by atoms with Gasteiger partial charge in [-0.2, -0.15) is 4.31 Å². The molecule has 0 bridgehead atoms. The predicted octanol–water partition coefficient (Wildman–Crippen LogP) is 4.63. The van der Waals surface area contributed by atoms with Crippen molar-refractivity contribution in [2.75, 3.05) is 30.8 Å². The van der Waals surface area contributed by atoms with Gasteiger partial charge in [0.25, 0.3) is 5.91 Å². The monoisotopic (exact) mass is 474 g/mol. The van der Waals surface area contributed by atoms with Crippen LogP contribution in [0.2, 0.25) is 0 Å². The van der Waals surface area contributed by atoms with E-state index in [1.165, 1.54) is 0 Å². The molecule has 0 radical (unpaired) electrons. The Morgan fingerprint density at radius 3 is 2.62 bits per heavy atom. The van der Waals surface area contributed by atoms with Crippen molar-refractivity contribution in [3.8, 4) is 0 Å². The molecule has 2 saturated heterocycles. The molecule has 4 rings (SSSR count). The second kappa shape index (κ2) is 10.4. The highest BCUT2D eigenvalue weighted by Crippen LogP contribution is 2.28. The summed E-state index contributed by atoms with van der Waals surface area (Å²) in [7, 11) is -3.51. The number of nitrogens with one attached hydrogen (secondary N) is 1. The summed E-state index contributed by atoms with van der Waals surface area (Å²) in [5, 5.41) is 2.90. The zero-order valence-corrected chi connectivity index (χ0v) is 20.0. The Balaban J connectivity index is 1.42. The molecule has 172 valence electrons. The molecule has 2 heterocycles. The molecule has 0 saturated carbocycles. The number of anilines is 1. The minimum atomic E-state index is -3.51. The van der Waals surface area contributed by atoms with Crippen molar-refractivity contribution in [1.29, 1.82) is 0 Å². The van der Waals surface area contributed by atoms with Gasteiger partial charge in [-0.15, -0.1) is 11.8 Å². The molecule has 0 unspecified atom stereocenters. The molecule has 2 atom stereocenters. The van der Waals surface area contributed by atoms with Crippen LogP contribution in [0.3, 0.4) is 0 Å². The van der Waals surface area contributed by atoms with Crippen LogP contribution in [-0.2, 0) is 14.8 Å². The fourth-order valence-corrected chi connectivity index (χ4v) is 6.88. The van der Waals surface area contributed by atoms with Crippen molar-refractivity contribution in [2.24, 2.45) is 5.92 Å². The van der Waals surface area contributed by atoms with Gasteiger partial charge in [-0.1, -0.05) is 19.1 Å². The quantitative estimate of drug-likeness (QED) is 0.592. The van der Waals surface area contributed by atoms with Crippen molar-refractivity contribution in [3.63, 3.8) is 0 Å². The first-order valence-corrected chi connectivity index (χ1v) is 13.6.